The molecule has 120 valence electrons. The number of ether oxygens (including phenoxy) is 4. The molecule has 0 unspecified atom stereocenters. The zero-order valence-electron chi connectivity index (χ0n) is 13.7. The van der Waals surface area contributed by atoms with E-state index in [1.165, 1.54) is 19.3 Å². The molecule has 20 heavy (non-hydrogen) atoms. The minimum atomic E-state index is 0.185. The van der Waals surface area contributed by atoms with Crippen LogP contribution in [0.25, 0.3) is 0 Å². The number of hydrogen-bond acceptors (Lipinski definition) is 4. The average molecular weight is 288 g/mol. The summed E-state index contributed by atoms with van der Waals surface area (Å²) in [6.45, 7) is 7.96. The third-order valence-corrected chi connectivity index (χ3v) is 2.86. The fourth-order valence-electron chi connectivity index (χ4n) is 1.68. The first-order chi connectivity index (χ1) is 9.79. The van der Waals surface area contributed by atoms with Crippen molar-refractivity contribution in [1.82, 2.24) is 0 Å². The Morgan fingerprint density at radius 3 is 1.85 bits per heavy atom. The minimum absolute atomic E-state index is 0.185. The summed E-state index contributed by atoms with van der Waals surface area (Å²) in [6.07, 6.45) is 7.57. The molecule has 0 aliphatic carbocycles. The maximum atomic E-state index is 5.78. The molecule has 0 fully saturated rings. The summed E-state index contributed by atoms with van der Waals surface area (Å²) >= 11 is 0. The van der Waals surface area contributed by atoms with Crippen LogP contribution < -0.4 is 0 Å². The summed E-state index contributed by atoms with van der Waals surface area (Å²) in [5.41, 5.74) is 0. The lowest BCUT2D eigenvalue weighted by Gasteiger charge is -2.16. The van der Waals surface area contributed by atoms with Gasteiger partial charge >= 0.3 is 5.95 Å². The van der Waals surface area contributed by atoms with Crippen LogP contribution in [-0.4, -0.2) is 27.1 Å². The molecular weight excluding hydrogens is 256 g/mol. The topological polar surface area (TPSA) is 36.9 Å². The monoisotopic (exact) mass is 288 g/mol. The quantitative estimate of drug-likeness (QED) is 0.266. The Labute approximate surface area is 124 Å². The van der Waals surface area contributed by atoms with E-state index in [9.17, 15) is 0 Å². The van der Waals surface area contributed by atoms with E-state index in [1.807, 2.05) is 6.92 Å². The molecular formula is C16H32O4. The highest BCUT2D eigenvalue weighted by Gasteiger charge is 2.10. The zero-order valence-corrected chi connectivity index (χ0v) is 13.7. The van der Waals surface area contributed by atoms with Crippen LogP contribution in [0.15, 0.2) is 11.7 Å². The lowest BCUT2D eigenvalue weighted by Crippen LogP contribution is -2.08. The second kappa shape index (κ2) is 14.5. The highest BCUT2D eigenvalue weighted by Crippen LogP contribution is 2.15. The average Bonchev–Trinajstić information content (AvgIpc) is 2.47. The Bertz CT molecular complexity index is 239. The van der Waals surface area contributed by atoms with Gasteiger partial charge in [-0.1, -0.05) is 46.5 Å². The predicted molar refractivity (Wildman–Crippen MR) is 81.2 cm³/mol. The van der Waals surface area contributed by atoms with Gasteiger partial charge < -0.3 is 18.9 Å². The van der Waals surface area contributed by atoms with Crippen molar-refractivity contribution in [1.29, 1.82) is 0 Å². The molecule has 0 aliphatic heterocycles. The van der Waals surface area contributed by atoms with E-state index in [-0.39, 0.29) is 6.79 Å². The number of hydrogen-bond donors (Lipinski definition) is 0. The second-order valence-electron chi connectivity index (χ2n) is 4.73. The largest absolute Gasteiger partial charge is 0.491 e. The molecule has 0 atom stereocenters. The van der Waals surface area contributed by atoms with Crippen molar-refractivity contribution < 1.29 is 18.9 Å². The smallest absolute Gasteiger partial charge is 0.321 e. The van der Waals surface area contributed by atoms with E-state index in [2.05, 4.69) is 13.8 Å². The molecule has 0 aromatic heterocycles. The third kappa shape index (κ3) is 9.96. The second-order valence-corrected chi connectivity index (χ2v) is 4.73. The molecule has 0 amide bonds. The number of allylic oxidation sites excluding steroid dienone is 1. The normalized spacial score (nSPS) is 12.0. The molecule has 0 aromatic carbocycles. The van der Waals surface area contributed by atoms with Crippen LogP contribution in [0, 0.1) is 0 Å². The standard InChI is InChI=1S/C16H32O4/c1-5-8-10-12-18-15(7-3)16(20-14-17-4)19-13-11-9-6-2/h5-14H2,1-4H3. The Hall–Kier alpha value is -0.900. The van der Waals surface area contributed by atoms with E-state index in [0.717, 1.165) is 38.0 Å². The number of rotatable bonds is 14. The molecule has 0 radical (unpaired) electrons. The van der Waals surface area contributed by atoms with Crippen molar-refractivity contribution in [3.8, 4) is 0 Å². The molecule has 0 rings (SSSR count). The first kappa shape index (κ1) is 19.1. The van der Waals surface area contributed by atoms with Crippen molar-refractivity contribution in [3.05, 3.63) is 11.7 Å². The van der Waals surface area contributed by atoms with Gasteiger partial charge in [-0.15, -0.1) is 0 Å². The van der Waals surface area contributed by atoms with Gasteiger partial charge in [0.1, 0.15) is 0 Å². The summed E-state index contributed by atoms with van der Waals surface area (Å²) in [5.74, 6) is 1.27. The van der Waals surface area contributed by atoms with E-state index in [4.69, 9.17) is 18.9 Å². The van der Waals surface area contributed by atoms with Gasteiger partial charge in [0.25, 0.3) is 0 Å². The molecule has 0 spiro atoms. The van der Waals surface area contributed by atoms with Crippen LogP contribution >= 0.6 is 0 Å². The highest BCUT2D eigenvalue weighted by molar-refractivity contribution is 4.94. The Morgan fingerprint density at radius 1 is 0.750 bits per heavy atom. The lowest BCUT2D eigenvalue weighted by atomic mass is 10.3. The maximum Gasteiger partial charge on any atom is 0.321 e. The maximum absolute atomic E-state index is 5.78. The van der Waals surface area contributed by atoms with Crippen LogP contribution in [0.4, 0.5) is 0 Å². The van der Waals surface area contributed by atoms with Crippen LogP contribution in [0.3, 0.4) is 0 Å². The van der Waals surface area contributed by atoms with Gasteiger partial charge in [0.2, 0.25) is 0 Å². The van der Waals surface area contributed by atoms with Gasteiger partial charge in [-0.25, -0.2) is 0 Å². The molecule has 0 aromatic rings. The van der Waals surface area contributed by atoms with Crippen molar-refractivity contribution in [2.24, 2.45) is 0 Å². The Kier molecular flexibility index (Phi) is 13.9. The summed E-state index contributed by atoms with van der Waals surface area (Å²) in [5, 5.41) is 0. The molecule has 0 N–H and O–H groups in total. The Morgan fingerprint density at radius 2 is 1.35 bits per heavy atom. The van der Waals surface area contributed by atoms with Crippen molar-refractivity contribution in [2.75, 3.05) is 27.1 Å². The molecule has 0 saturated heterocycles. The van der Waals surface area contributed by atoms with Crippen molar-refractivity contribution >= 4 is 0 Å². The first-order valence-electron chi connectivity index (χ1n) is 7.90. The fraction of sp³-hybridized carbons (Fsp3) is 0.875. The minimum Gasteiger partial charge on any atom is -0.491 e. The van der Waals surface area contributed by atoms with E-state index < -0.39 is 0 Å². The first-order valence-corrected chi connectivity index (χ1v) is 7.90. The summed E-state index contributed by atoms with van der Waals surface area (Å²) in [4.78, 5) is 0. The van der Waals surface area contributed by atoms with Gasteiger partial charge in [0.15, 0.2) is 12.6 Å². The van der Waals surface area contributed by atoms with Gasteiger partial charge in [0.05, 0.1) is 13.2 Å². The molecule has 0 heterocycles. The predicted octanol–water partition coefficient (Wildman–Crippen LogP) is 4.60. The van der Waals surface area contributed by atoms with Crippen molar-refractivity contribution in [3.63, 3.8) is 0 Å². The number of methoxy groups -OCH3 is 1. The summed E-state index contributed by atoms with van der Waals surface area (Å²) in [6, 6.07) is 0. The lowest BCUT2D eigenvalue weighted by molar-refractivity contribution is -0.0689. The SMILES string of the molecule is CCCCCOC(CC)=C(OCCCCC)OCOC. The van der Waals surface area contributed by atoms with Gasteiger partial charge in [-0.3, -0.25) is 0 Å². The number of unbranched alkanes of at least 4 members (excludes halogenated alkanes) is 4. The zero-order chi connectivity index (χ0) is 15.1. The Balaban J connectivity index is 4.33. The molecule has 0 aliphatic rings. The van der Waals surface area contributed by atoms with Gasteiger partial charge in [-0.2, -0.15) is 0 Å². The molecule has 4 heteroatoms. The van der Waals surface area contributed by atoms with Gasteiger partial charge in [0, 0.05) is 13.5 Å². The van der Waals surface area contributed by atoms with Crippen LogP contribution in [0.1, 0.15) is 65.7 Å². The van der Waals surface area contributed by atoms with E-state index in [0.29, 0.717) is 12.6 Å². The third-order valence-electron chi connectivity index (χ3n) is 2.86. The summed E-state index contributed by atoms with van der Waals surface area (Å²) < 4.78 is 21.9. The van der Waals surface area contributed by atoms with Crippen LogP contribution in [0.5, 0.6) is 0 Å². The van der Waals surface area contributed by atoms with Gasteiger partial charge in [-0.05, 0) is 12.8 Å². The molecule has 0 saturated carbocycles. The molecule has 0 bridgehead atoms. The van der Waals surface area contributed by atoms with E-state index in [1.54, 1.807) is 7.11 Å². The highest BCUT2D eigenvalue weighted by atomic mass is 16.7. The van der Waals surface area contributed by atoms with Crippen LogP contribution in [0.2, 0.25) is 0 Å². The summed E-state index contributed by atoms with van der Waals surface area (Å²) in [7, 11) is 1.60. The van der Waals surface area contributed by atoms with Crippen LogP contribution in [-0.2, 0) is 18.9 Å². The van der Waals surface area contributed by atoms with E-state index >= 15 is 0 Å². The van der Waals surface area contributed by atoms with Crippen molar-refractivity contribution in [2.45, 2.75) is 65.7 Å². The molecule has 4 nitrogen and oxygen atoms in total. The fourth-order valence-corrected chi connectivity index (χ4v) is 1.68.